The van der Waals surface area contributed by atoms with Gasteiger partial charge < -0.3 is 15.1 Å². The van der Waals surface area contributed by atoms with Crippen molar-refractivity contribution >= 4 is 51.9 Å². The highest BCUT2D eigenvalue weighted by atomic mass is 32.2. The Hall–Kier alpha value is -3.14. The first kappa shape index (κ1) is 14.5. The van der Waals surface area contributed by atoms with Crippen molar-refractivity contribution in [2.24, 2.45) is 0 Å². The number of carbonyl (C=O) groups excluding carboxylic acids is 1. The maximum Gasteiger partial charge on any atom is 0.302 e. The summed E-state index contributed by atoms with van der Waals surface area (Å²) in [6, 6.07) is 7.44. The van der Waals surface area contributed by atoms with E-state index in [0.29, 0.717) is 27.3 Å². The maximum atomic E-state index is 12.1. The van der Waals surface area contributed by atoms with E-state index in [-0.39, 0.29) is 23.6 Å². The quantitative estimate of drug-likeness (QED) is 0.378. The van der Waals surface area contributed by atoms with Crippen LogP contribution in [-0.4, -0.2) is 36.6 Å². The summed E-state index contributed by atoms with van der Waals surface area (Å²) in [5.74, 6) is -0.0450. The van der Waals surface area contributed by atoms with Crippen LogP contribution in [0.1, 0.15) is 0 Å². The zero-order chi connectivity index (χ0) is 16.5. The third-order valence-corrected chi connectivity index (χ3v) is 4.13. The van der Waals surface area contributed by atoms with E-state index in [9.17, 15) is 4.79 Å². The molecule has 0 saturated heterocycles. The molecule has 3 heterocycles. The Bertz CT molecular complexity index is 1010. The number of amides is 1. The molecular weight excluding hydrogens is 330 g/mol. The summed E-state index contributed by atoms with van der Waals surface area (Å²) in [5, 5.41) is 3.18. The smallest absolute Gasteiger partial charge is 0.302 e. The van der Waals surface area contributed by atoms with E-state index < -0.39 is 0 Å². The van der Waals surface area contributed by atoms with E-state index in [0.717, 1.165) is 0 Å². The fraction of sp³-hybridized carbons (Fsp3) is 0.0714. The second-order valence-corrected chi connectivity index (χ2v) is 5.78. The molecule has 3 aromatic heterocycles. The predicted octanol–water partition coefficient (Wildman–Crippen LogP) is 1.81. The molecule has 0 saturated carbocycles. The molecule has 4 aromatic rings. The number of aromatic amines is 1. The van der Waals surface area contributed by atoms with Gasteiger partial charge in [-0.15, -0.1) is 0 Å². The van der Waals surface area contributed by atoms with Gasteiger partial charge >= 0.3 is 6.01 Å². The molecule has 10 heteroatoms. The Morgan fingerprint density at radius 2 is 2.17 bits per heavy atom. The molecule has 0 aliphatic rings. The lowest BCUT2D eigenvalue weighted by atomic mass is 10.3. The number of rotatable bonds is 4. The summed E-state index contributed by atoms with van der Waals surface area (Å²) in [4.78, 5) is 31.4. The number of anilines is 2. The number of imidazole rings is 1. The van der Waals surface area contributed by atoms with Crippen molar-refractivity contribution in [2.75, 3.05) is 16.8 Å². The number of H-pyrrole nitrogens is 1. The summed E-state index contributed by atoms with van der Waals surface area (Å²) < 4.78 is 5.45. The molecule has 1 aromatic carbocycles. The number of nitrogens with one attached hydrogen (secondary N) is 2. The van der Waals surface area contributed by atoms with Gasteiger partial charge in [-0.05, 0) is 12.1 Å². The summed E-state index contributed by atoms with van der Waals surface area (Å²) in [5.41, 5.74) is 8.04. The lowest BCUT2D eigenvalue weighted by Gasteiger charge is -2.02. The number of nitrogen functional groups attached to an aromatic ring is 1. The molecular formula is C14H11N7O2S. The molecule has 0 atom stereocenters. The molecule has 0 fully saturated rings. The maximum absolute atomic E-state index is 12.1. The summed E-state index contributed by atoms with van der Waals surface area (Å²) >= 11 is 1.22. The zero-order valence-corrected chi connectivity index (χ0v) is 13.0. The van der Waals surface area contributed by atoms with Crippen molar-refractivity contribution in [1.29, 1.82) is 0 Å². The average Bonchev–Trinajstić information content (AvgIpc) is 3.18. The van der Waals surface area contributed by atoms with Gasteiger partial charge in [0.2, 0.25) is 11.9 Å². The highest BCUT2D eigenvalue weighted by Crippen LogP contribution is 2.24. The summed E-state index contributed by atoms with van der Waals surface area (Å²) in [6.45, 7) is 0. The number of hydrogen-bond acceptors (Lipinski definition) is 8. The fourth-order valence-electron chi connectivity index (χ4n) is 2.14. The lowest BCUT2D eigenvalue weighted by molar-refractivity contribution is -0.113. The fourth-order valence-corrected chi connectivity index (χ4v) is 2.93. The van der Waals surface area contributed by atoms with Gasteiger partial charge in [0.05, 0.1) is 12.1 Å². The second kappa shape index (κ2) is 5.81. The number of aromatic nitrogens is 5. The normalized spacial score (nSPS) is 11.2. The zero-order valence-electron chi connectivity index (χ0n) is 12.2. The molecule has 0 unspecified atom stereocenters. The first-order valence-electron chi connectivity index (χ1n) is 6.94. The van der Waals surface area contributed by atoms with E-state index in [1.165, 1.54) is 18.1 Å². The van der Waals surface area contributed by atoms with E-state index in [4.69, 9.17) is 10.2 Å². The van der Waals surface area contributed by atoms with Crippen LogP contribution in [0.25, 0.3) is 22.3 Å². The molecule has 0 spiro atoms. The first-order chi connectivity index (χ1) is 11.7. The molecule has 4 N–H and O–H groups in total. The minimum Gasteiger partial charge on any atom is -0.423 e. The first-order valence-corrected chi connectivity index (χ1v) is 7.92. The Labute approximate surface area is 139 Å². The third kappa shape index (κ3) is 2.74. The van der Waals surface area contributed by atoms with Crippen LogP contribution in [0.4, 0.5) is 12.0 Å². The molecule has 4 rings (SSSR count). The van der Waals surface area contributed by atoms with Crippen molar-refractivity contribution in [1.82, 2.24) is 24.9 Å². The van der Waals surface area contributed by atoms with Gasteiger partial charge in [0.1, 0.15) is 16.1 Å². The van der Waals surface area contributed by atoms with E-state index in [1.54, 1.807) is 6.07 Å². The van der Waals surface area contributed by atoms with Crippen LogP contribution in [0.15, 0.2) is 40.0 Å². The van der Waals surface area contributed by atoms with Crippen LogP contribution in [0.5, 0.6) is 0 Å². The number of para-hydroxylation sites is 2. The van der Waals surface area contributed by atoms with Gasteiger partial charge in [0, 0.05) is 0 Å². The largest absolute Gasteiger partial charge is 0.423 e. The van der Waals surface area contributed by atoms with Gasteiger partial charge in [-0.2, -0.15) is 9.97 Å². The number of carbonyl (C=O) groups is 1. The molecule has 24 heavy (non-hydrogen) atoms. The van der Waals surface area contributed by atoms with Crippen LogP contribution < -0.4 is 11.1 Å². The molecule has 0 aliphatic heterocycles. The number of nitrogens with zero attached hydrogens (tertiary/aromatic N) is 4. The predicted molar refractivity (Wildman–Crippen MR) is 89.5 cm³/mol. The topological polar surface area (TPSA) is 136 Å². The van der Waals surface area contributed by atoms with E-state index in [1.807, 2.05) is 18.2 Å². The highest BCUT2D eigenvalue weighted by molar-refractivity contribution is 8.00. The van der Waals surface area contributed by atoms with Gasteiger partial charge in [-0.3, -0.25) is 10.1 Å². The van der Waals surface area contributed by atoms with Crippen molar-refractivity contribution < 1.29 is 9.21 Å². The van der Waals surface area contributed by atoms with Gasteiger partial charge in [0.15, 0.2) is 11.2 Å². The molecule has 0 aliphatic carbocycles. The van der Waals surface area contributed by atoms with Crippen LogP contribution in [0.3, 0.4) is 0 Å². The number of nitrogens with two attached hydrogens (primary N) is 1. The summed E-state index contributed by atoms with van der Waals surface area (Å²) in [7, 11) is 0. The molecule has 0 bridgehead atoms. The Balaban J connectivity index is 1.47. The van der Waals surface area contributed by atoms with Crippen molar-refractivity contribution in [3.8, 4) is 0 Å². The molecule has 0 radical (unpaired) electrons. The third-order valence-electron chi connectivity index (χ3n) is 3.15. The van der Waals surface area contributed by atoms with Crippen LogP contribution >= 0.6 is 11.8 Å². The minimum atomic E-state index is -0.267. The van der Waals surface area contributed by atoms with Crippen molar-refractivity contribution in [3.05, 3.63) is 30.6 Å². The number of hydrogen-bond donors (Lipinski definition) is 3. The standard InChI is InChI=1S/C14H11N7O2S/c15-13-20-11-10(16-6-17-11)12(21-13)24-5-9(22)19-14-18-7-3-1-2-4-8(7)23-14/h1-4,6H,5H2,(H,18,19,22)(H3,15,16,17,20,21). The number of fused-ring (bicyclic) bond motifs is 2. The lowest BCUT2D eigenvalue weighted by Crippen LogP contribution is -2.14. The Morgan fingerprint density at radius 1 is 1.29 bits per heavy atom. The molecule has 120 valence electrons. The highest BCUT2D eigenvalue weighted by Gasteiger charge is 2.13. The van der Waals surface area contributed by atoms with Crippen LogP contribution in [0.2, 0.25) is 0 Å². The van der Waals surface area contributed by atoms with Gasteiger partial charge in [-0.25, -0.2) is 9.97 Å². The van der Waals surface area contributed by atoms with Gasteiger partial charge in [-0.1, -0.05) is 23.9 Å². The minimum absolute atomic E-state index is 0.108. The number of oxazole rings is 1. The van der Waals surface area contributed by atoms with Crippen LogP contribution in [-0.2, 0) is 4.79 Å². The van der Waals surface area contributed by atoms with Crippen LogP contribution in [0, 0.1) is 0 Å². The Morgan fingerprint density at radius 3 is 3.04 bits per heavy atom. The second-order valence-electron chi connectivity index (χ2n) is 4.81. The SMILES string of the molecule is Nc1nc(SCC(=O)Nc2nc3ccccc3o2)c2[nH]cnc2n1. The van der Waals surface area contributed by atoms with Gasteiger partial charge in [0.25, 0.3) is 0 Å². The molecule has 9 nitrogen and oxygen atoms in total. The average molecular weight is 341 g/mol. The monoisotopic (exact) mass is 341 g/mol. The Kier molecular flexibility index (Phi) is 3.50. The van der Waals surface area contributed by atoms with Crippen molar-refractivity contribution in [3.63, 3.8) is 0 Å². The summed E-state index contributed by atoms with van der Waals surface area (Å²) in [6.07, 6.45) is 1.50. The van der Waals surface area contributed by atoms with E-state index >= 15 is 0 Å². The van der Waals surface area contributed by atoms with Crippen molar-refractivity contribution in [2.45, 2.75) is 5.03 Å². The number of thioether (sulfide) groups is 1. The van der Waals surface area contributed by atoms with E-state index in [2.05, 4.69) is 30.2 Å². The number of benzene rings is 1. The molecule has 1 amide bonds.